The average molecular weight is 305 g/mol. The van der Waals surface area contributed by atoms with Crippen molar-refractivity contribution in [3.05, 3.63) is 29.8 Å². The largest absolute Gasteiger partial charge is 0.493 e. The van der Waals surface area contributed by atoms with Gasteiger partial charge in [0, 0.05) is 18.1 Å². The normalized spacial score (nSPS) is 16.9. The first kappa shape index (κ1) is 15.9. The number of nitrogens with one attached hydrogen (secondary N) is 1. The van der Waals surface area contributed by atoms with Gasteiger partial charge in [-0.1, -0.05) is 12.2 Å². The van der Waals surface area contributed by atoms with Gasteiger partial charge in [0.2, 0.25) is 5.91 Å². The monoisotopic (exact) mass is 305 g/mol. The number of hydrogen-bond donors (Lipinski definition) is 2. The van der Waals surface area contributed by atoms with E-state index in [2.05, 4.69) is 5.32 Å². The Bertz CT molecular complexity index is 609. The molecule has 0 aliphatic heterocycles. The first-order valence-corrected chi connectivity index (χ1v) is 7.02. The second kappa shape index (κ2) is 6.98. The smallest absolute Gasteiger partial charge is 0.337 e. The van der Waals surface area contributed by atoms with Crippen LogP contribution in [-0.2, 0) is 4.79 Å². The number of anilines is 1. The number of carboxylic acids is 1. The summed E-state index contributed by atoms with van der Waals surface area (Å²) in [5, 5.41) is 12.0. The number of aromatic carboxylic acids is 1. The number of allylic oxidation sites excluding steroid dienone is 2. The van der Waals surface area contributed by atoms with Crippen molar-refractivity contribution in [3.8, 4) is 11.5 Å². The molecule has 0 saturated heterocycles. The van der Waals surface area contributed by atoms with E-state index in [1.807, 2.05) is 12.2 Å². The summed E-state index contributed by atoms with van der Waals surface area (Å²) in [4.78, 5) is 23.7. The molecule has 6 nitrogen and oxygen atoms in total. The van der Waals surface area contributed by atoms with Crippen LogP contribution in [0.4, 0.5) is 5.69 Å². The highest BCUT2D eigenvalue weighted by Crippen LogP contribution is 2.34. The van der Waals surface area contributed by atoms with Gasteiger partial charge in [-0.15, -0.1) is 0 Å². The molecule has 6 heteroatoms. The molecule has 1 aromatic rings. The first-order chi connectivity index (χ1) is 10.6. The SMILES string of the molecule is COc1cc(NC(=O)C2CC=CCC2)c(C(=O)O)cc1OC. The molecule has 0 fully saturated rings. The number of benzene rings is 1. The third-order valence-electron chi connectivity index (χ3n) is 3.65. The zero-order chi connectivity index (χ0) is 16.1. The van der Waals surface area contributed by atoms with Crippen molar-refractivity contribution in [3.63, 3.8) is 0 Å². The van der Waals surface area contributed by atoms with Crippen molar-refractivity contribution in [2.45, 2.75) is 19.3 Å². The predicted molar refractivity (Wildman–Crippen MR) is 81.6 cm³/mol. The highest BCUT2D eigenvalue weighted by Gasteiger charge is 2.22. The van der Waals surface area contributed by atoms with Gasteiger partial charge < -0.3 is 19.9 Å². The Morgan fingerprint density at radius 2 is 1.86 bits per heavy atom. The fourth-order valence-corrected chi connectivity index (χ4v) is 2.43. The molecule has 1 atom stereocenters. The van der Waals surface area contributed by atoms with E-state index < -0.39 is 5.97 Å². The summed E-state index contributed by atoms with van der Waals surface area (Å²) in [6.45, 7) is 0. The van der Waals surface area contributed by atoms with Gasteiger partial charge in [-0.05, 0) is 19.3 Å². The van der Waals surface area contributed by atoms with Crippen LogP contribution in [-0.4, -0.2) is 31.2 Å². The lowest BCUT2D eigenvalue weighted by atomic mass is 9.93. The van der Waals surface area contributed by atoms with Gasteiger partial charge in [-0.2, -0.15) is 0 Å². The summed E-state index contributed by atoms with van der Waals surface area (Å²) in [7, 11) is 2.88. The van der Waals surface area contributed by atoms with Crippen LogP contribution in [0, 0.1) is 5.92 Å². The van der Waals surface area contributed by atoms with E-state index in [-0.39, 0.29) is 23.1 Å². The number of carbonyl (C=O) groups excluding carboxylic acids is 1. The average Bonchev–Trinajstić information content (AvgIpc) is 2.54. The molecule has 0 bridgehead atoms. The molecule has 0 radical (unpaired) electrons. The maximum atomic E-state index is 12.3. The molecule has 0 spiro atoms. The number of rotatable bonds is 5. The number of hydrogen-bond acceptors (Lipinski definition) is 4. The molecule has 1 aromatic carbocycles. The molecule has 118 valence electrons. The van der Waals surface area contributed by atoms with E-state index in [0.717, 1.165) is 12.8 Å². The summed E-state index contributed by atoms with van der Waals surface area (Å²) in [5.41, 5.74) is 0.182. The van der Waals surface area contributed by atoms with E-state index >= 15 is 0 Å². The lowest BCUT2D eigenvalue weighted by Crippen LogP contribution is -2.24. The van der Waals surface area contributed by atoms with Crippen molar-refractivity contribution in [2.75, 3.05) is 19.5 Å². The number of carbonyl (C=O) groups is 2. The maximum absolute atomic E-state index is 12.3. The van der Waals surface area contributed by atoms with Crippen LogP contribution >= 0.6 is 0 Å². The molecule has 1 amide bonds. The zero-order valence-electron chi connectivity index (χ0n) is 12.6. The van der Waals surface area contributed by atoms with Crippen molar-refractivity contribution in [1.29, 1.82) is 0 Å². The third kappa shape index (κ3) is 3.39. The highest BCUT2D eigenvalue weighted by molar-refractivity contribution is 6.02. The second-order valence-electron chi connectivity index (χ2n) is 5.03. The van der Waals surface area contributed by atoms with Gasteiger partial charge in [0.05, 0.1) is 25.5 Å². The van der Waals surface area contributed by atoms with E-state index in [0.29, 0.717) is 17.9 Å². The van der Waals surface area contributed by atoms with E-state index in [1.165, 1.54) is 26.4 Å². The zero-order valence-corrected chi connectivity index (χ0v) is 12.6. The number of methoxy groups -OCH3 is 2. The van der Waals surface area contributed by atoms with Gasteiger partial charge in [-0.25, -0.2) is 4.79 Å². The van der Waals surface area contributed by atoms with Crippen molar-refractivity contribution < 1.29 is 24.2 Å². The fraction of sp³-hybridized carbons (Fsp3) is 0.375. The summed E-state index contributed by atoms with van der Waals surface area (Å²) in [6, 6.07) is 2.82. The van der Waals surface area contributed by atoms with Gasteiger partial charge in [0.25, 0.3) is 0 Å². The van der Waals surface area contributed by atoms with E-state index in [1.54, 1.807) is 0 Å². The van der Waals surface area contributed by atoms with Crippen molar-refractivity contribution >= 4 is 17.6 Å². The summed E-state index contributed by atoms with van der Waals surface area (Å²) in [5.74, 6) is -0.788. The molecule has 1 aliphatic rings. The topological polar surface area (TPSA) is 84.9 Å². The Labute approximate surface area is 128 Å². The fourth-order valence-electron chi connectivity index (χ4n) is 2.43. The Morgan fingerprint density at radius 1 is 1.18 bits per heavy atom. The molecule has 2 rings (SSSR count). The van der Waals surface area contributed by atoms with Crippen LogP contribution in [0.1, 0.15) is 29.6 Å². The van der Waals surface area contributed by atoms with Crippen LogP contribution in [0.3, 0.4) is 0 Å². The molecule has 1 unspecified atom stereocenters. The third-order valence-corrected chi connectivity index (χ3v) is 3.65. The lowest BCUT2D eigenvalue weighted by Gasteiger charge is -2.19. The van der Waals surface area contributed by atoms with Gasteiger partial charge in [0.15, 0.2) is 11.5 Å². The minimum Gasteiger partial charge on any atom is -0.493 e. The van der Waals surface area contributed by atoms with Crippen LogP contribution in [0.15, 0.2) is 24.3 Å². The van der Waals surface area contributed by atoms with E-state index in [4.69, 9.17) is 9.47 Å². The maximum Gasteiger partial charge on any atom is 0.337 e. The van der Waals surface area contributed by atoms with Gasteiger partial charge >= 0.3 is 5.97 Å². The second-order valence-corrected chi connectivity index (χ2v) is 5.03. The minimum absolute atomic E-state index is 0.0302. The number of amides is 1. The van der Waals surface area contributed by atoms with Crippen LogP contribution in [0.25, 0.3) is 0 Å². The molecule has 0 saturated carbocycles. The van der Waals surface area contributed by atoms with Crippen molar-refractivity contribution in [2.24, 2.45) is 5.92 Å². The lowest BCUT2D eigenvalue weighted by molar-refractivity contribution is -0.120. The Balaban J connectivity index is 2.30. The Kier molecular flexibility index (Phi) is 5.04. The van der Waals surface area contributed by atoms with Crippen molar-refractivity contribution in [1.82, 2.24) is 0 Å². The van der Waals surface area contributed by atoms with Gasteiger partial charge in [-0.3, -0.25) is 4.79 Å². The van der Waals surface area contributed by atoms with Crippen LogP contribution in [0.2, 0.25) is 0 Å². The molecule has 0 heterocycles. The van der Waals surface area contributed by atoms with Crippen LogP contribution < -0.4 is 14.8 Å². The van der Waals surface area contributed by atoms with Gasteiger partial charge in [0.1, 0.15) is 0 Å². The standard InChI is InChI=1S/C16H19NO5/c1-21-13-8-11(16(19)20)12(9-14(13)22-2)17-15(18)10-6-4-3-5-7-10/h3-4,8-10H,5-7H2,1-2H3,(H,17,18)(H,19,20). The predicted octanol–water partition coefficient (Wildman–Crippen LogP) is 2.70. The Hall–Kier alpha value is -2.50. The molecule has 0 aromatic heterocycles. The highest BCUT2D eigenvalue weighted by atomic mass is 16.5. The first-order valence-electron chi connectivity index (χ1n) is 7.02. The Morgan fingerprint density at radius 3 is 2.41 bits per heavy atom. The molecule has 1 aliphatic carbocycles. The van der Waals surface area contributed by atoms with E-state index in [9.17, 15) is 14.7 Å². The molecular weight excluding hydrogens is 286 g/mol. The molecular formula is C16H19NO5. The molecule has 22 heavy (non-hydrogen) atoms. The van der Waals surface area contributed by atoms with Crippen LogP contribution in [0.5, 0.6) is 11.5 Å². The minimum atomic E-state index is -1.14. The summed E-state index contributed by atoms with van der Waals surface area (Å²) >= 11 is 0. The number of ether oxygens (including phenoxy) is 2. The number of carboxylic acid groups (broad SMARTS) is 1. The molecule has 2 N–H and O–H groups in total. The summed E-state index contributed by atoms with van der Waals surface area (Å²) < 4.78 is 10.3. The summed E-state index contributed by atoms with van der Waals surface area (Å²) in [6.07, 6.45) is 6.30. The quantitative estimate of drug-likeness (QED) is 0.817.